The Morgan fingerprint density at radius 1 is 0.755 bits per heavy atom. The van der Waals surface area contributed by atoms with Gasteiger partial charge in [-0.1, -0.05) is 24.3 Å². The minimum atomic E-state index is -4.79. The van der Waals surface area contributed by atoms with Crippen LogP contribution in [0.5, 0.6) is 23.0 Å². The number of sulfonamides is 1. The van der Waals surface area contributed by atoms with Crippen LogP contribution >= 0.6 is 0 Å². The number of para-hydroxylation sites is 1. The molecule has 0 aromatic heterocycles. The number of rotatable bonds is 14. The second-order valence-electron chi connectivity index (χ2n) is 10.4. The normalized spacial score (nSPS) is 11.3. The Morgan fingerprint density at radius 2 is 1.39 bits per heavy atom. The van der Waals surface area contributed by atoms with Crippen molar-refractivity contribution in [2.45, 2.75) is 17.5 Å². The Balaban J connectivity index is 1.58. The molecule has 15 heteroatoms. The molecule has 4 aromatic carbocycles. The van der Waals surface area contributed by atoms with Crippen LogP contribution < -0.4 is 33.9 Å². The molecule has 0 spiro atoms. The lowest BCUT2D eigenvalue weighted by Gasteiger charge is -2.25. The molecule has 260 valence electrons. The van der Waals surface area contributed by atoms with E-state index in [4.69, 9.17) is 18.9 Å². The number of ether oxygens (including phenoxy) is 4. The van der Waals surface area contributed by atoms with Crippen LogP contribution in [0.3, 0.4) is 0 Å². The number of nitrogens with zero attached hydrogens (tertiary/aromatic N) is 1. The van der Waals surface area contributed by atoms with Gasteiger partial charge in [-0.05, 0) is 66.6 Å². The average molecular weight is 702 g/mol. The zero-order valence-electron chi connectivity index (χ0n) is 27.0. The zero-order chi connectivity index (χ0) is 35.8. The first kappa shape index (κ1) is 36.4. The van der Waals surface area contributed by atoms with Crippen LogP contribution in [0, 0.1) is 0 Å². The van der Waals surface area contributed by atoms with E-state index < -0.39 is 45.8 Å². The van der Waals surface area contributed by atoms with Gasteiger partial charge in [-0.2, -0.15) is 13.2 Å². The van der Waals surface area contributed by atoms with Crippen LogP contribution in [0.25, 0.3) is 0 Å². The summed E-state index contributed by atoms with van der Waals surface area (Å²) in [5.74, 6) is -0.0996. The van der Waals surface area contributed by atoms with Gasteiger partial charge in [0.2, 0.25) is 5.91 Å². The van der Waals surface area contributed by atoms with Crippen molar-refractivity contribution in [3.05, 3.63) is 102 Å². The van der Waals surface area contributed by atoms with Crippen molar-refractivity contribution < 1.29 is 50.1 Å². The van der Waals surface area contributed by atoms with Gasteiger partial charge >= 0.3 is 6.18 Å². The lowest BCUT2D eigenvalue weighted by molar-refractivity contribution is -0.137. The highest BCUT2D eigenvalue weighted by Crippen LogP contribution is 2.35. The third-order valence-electron chi connectivity index (χ3n) is 7.28. The standard InChI is InChI=1S/C34H34F3N3O8S/c1-45-28-14-12-22(18-30(28)47-3)16-17-38-33(42)26-10-5-6-11-27(26)39-32(41)21-40(24-9-7-8-23(19-24)34(35,36)37)49(43,44)25-13-15-29(46-2)31(20-25)48-4/h5-15,18-20H,16-17,21H2,1-4H3,(H,38,42)(H,39,41). The van der Waals surface area contributed by atoms with E-state index in [0.717, 1.165) is 29.8 Å². The van der Waals surface area contributed by atoms with E-state index in [-0.39, 0.29) is 34.2 Å². The fraction of sp³-hybridized carbons (Fsp3) is 0.235. The highest BCUT2D eigenvalue weighted by Gasteiger charge is 2.34. The molecule has 0 heterocycles. The highest BCUT2D eigenvalue weighted by molar-refractivity contribution is 7.92. The molecular formula is C34H34F3N3O8S. The number of halogens is 3. The summed E-state index contributed by atoms with van der Waals surface area (Å²) in [6.45, 7) is -0.712. The van der Waals surface area contributed by atoms with Gasteiger partial charge in [0.25, 0.3) is 15.9 Å². The molecule has 4 aromatic rings. The lowest BCUT2D eigenvalue weighted by atomic mass is 10.1. The molecule has 4 rings (SSSR count). The number of hydrogen-bond acceptors (Lipinski definition) is 8. The Bertz CT molecular complexity index is 1920. The summed E-state index contributed by atoms with van der Waals surface area (Å²) in [7, 11) is 1.01. The number of anilines is 2. The second kappa shape index (κ2) is 15.6. The lowest BCUT2D eigenvalue weighted by Crippen LogP contribution is -2.38. The Labute approximate surface area is 281 Å². The molecule has 2 amide bonds. The number of alkyl halides is 3. The molecule has 0 radical (unpaired) electrons. The molecule has 0 aliphatic rings. The van der Waals surface area contributed by atoms with Gasteiger partial charge in [0.15, 0.2) is 23.0 Å². The zero-order valence-corrected chi connectivity index (χ0v) is 27.8. The minimum absolute atomic E-state index is 0.0445. The summed E-state index contributed by atoms with van der Waals surface area (Å²) < 4.78 is 90.2. The SMILES string of the molecule is COc1ccc(CCNC(=O)c2ccccc2NC(=O)CN(c2cccc(C(F)(F)F)c2)S(=O)(=O)c2ccc(OC)c(OC)c2)cc1OC. The summed E-state index contributed by atoms with van der Waals surface area (Å²) in [4.78, 5) is 26.2. The van der Waals surface area contributed by atoms with E-state index in [2.05, 4.69) is 10.6 Å². The third-order valence-corrected chi connectivity index (χ3v) is 9.05. The first-order chi connectivity index (χ1) is 23.3. The molecule has 0 fully saturated rings. The van der Waals surface area contributed by atoms with Crippen molar-refractivity contribution in [3.63, 3.8) is 0 Å². The fourth-order valence-corrected chi connectivity index (χ4v) is 6.25. The number of methoxy groups -OCH3 is 4. The summed E-state index contributed by atoms with van der Waals surface area (Å²) >= 11 is 0. The molecule has 49 heavy (non-hydrogen) atoms. The van der Waals surface area contributed by atoms with Gasteiger partial charge in [0, 0.05) is 12.6 Å². The quantitative estimate of drug-likeness (QED) is 0.175. The van der Waals surface area contributed by atoms with Gasteiger partial charge in [-0.3, -0.25) is 13.9 Å². The van der Waals surface area contributed by atoms with Gasteiger partial charge in [-0.25, -0.2) is 8.42 Å². The number of hydrogen-bond donors (Lipinski definition) is 2. The maximum Gasteiger partial charge on any atom is 0.416 e. The topological polar surface area (TPSA) is 132 Å². The second-order valence-corrected chi connectivity index (χ2v) is 12.2. The number of nitrogens with one attached hydrogen (secondary N) is 2. The van der Waals surface area contributed by atoms with Crippen molar-refractivity contribution in [2.24, 2.45) is 0 Å². The molecule has 0 saturated carbocycles. The number of amides is 2. The first-order valence-electron chi connectivity index (χ1n) is 14.6. The van der Waals surface area contributed by atoms with Crippen LogP contribution in [-0.4, -0.2) is 61.8 Å². The first-order valence-corrected chi connectivity index (χ1v) is 16.1. The van der Waals surface area contributed by atoms with Crippen molar-refractivity contribution in [1.29, 1.82) is 0 Å². The molecule has 0 aliphatic carbocycles. The number of carbonyl (C=O) groups excluding carboxylic acids is 2. The molecule has 11 nitrogen and oxygen atoms in total. The monoisotopic (exact) mass is 701 g/mol. The van der Waals surface area contributed by atoms with Crippen LogP contribution in [0.15, 0.2) is 89.8 Å². The minimum Gasteiger partial charge on any atom is -0.493 e. The maximum atomic E-state index is 13.9. The molecule has 0 bridgehead atoms. The summed E-state index contributed by atoms with van der Waals surface area (Å²) in [6.07, 6.45) is -4.34. The third kappa shape index (κ3) is 8.73. The molecule has 0 atom stereocenters. The fourth-order valence-electron chi connectivity index (χ4n) is 4.82. The predicted molar refractivity (Wildman–Crippen MR) is 176 cm³/mol. The van der Waals surface area contributed by atoms with Gasteiger partial charge in [0.1, 0.15) is 6.54 Å². The van der Waals surface area contributed by atoms with Gasteiger partial charge in [0.05, 0.1) is 55.8 Å². The molecular weight excluding hydrogens is 667 g/mol. The number of benzene rings is 4. The van der Waals surface area contributed by atoms with E-state index in [9.17, 15) is 31.2 Å². The summed E-state index contributed by atoms with van der Waals surface area (Å²) in [5, 5.41) is 5.32. The average Bonchev–Trinajstić information content (AvgIpc) is 3.09. The van der Waals surface area contributed by atoms with E-state index in [1.807, 2.05) is 6.07 Å². The molecule has 0 saturated heterocycles. The van der Waals surface area contributed by atoms with E-state index >= 15 is 0 Å². The van der Waals surface area contributed by atoms with Crippen LogP contribution in [0.4, 0.5) is 24.5 Å². The maximum absolute atomic E-state index is 13.9. The molecule has 0 unspecified atom stereocenters. The Morgan fingerprint density at radius 3 is 2.04 bits per heavy atom. The predicted octanol–water partition coefficient (Wildman–Crippen LogP) is 5.55. The van der Waals surface area contributed by atoms with Gasteiger partial charge < -0.3 is 29.6 Å². The van der Waals surface area contributed by atoms with Crippen LogP contribution in [0.2, 0.25) is 0 Å². The summed E-state index contributed by atoms with van der Waals surface area (Å²) in [5.41, 5.74) is -0.529. The van der Waals surface area contributed by atoms with E-state index in [1.54, 1.807) is 24.3 Å². The largest absolute Gasteiger partial charge is 0.493 e. The number of carbonyl (C=O) groups is 2. The Hall–Kier alpha value is -5.44. The van der Waals surface area contributed by atoms with Crippen molar-refractivity contribution >= 4 is 33.2 Å². The van der Waals surface area contributed by atoms with Crippen molar-refractivity contribution in [1.82, 2.24) is 5.32 Å². The smallest absolute Gasteiger partial charge is 0.416 e. The van der Waals surface area contributed by atoms with Crippen LogP contribution in [-0.2, 0) is 27.4 Å². The highest BCUT2D eigenvalue weighted by atomic mass is 32.2. The summed E-state index contributed by atoms with van der Waals surface area (Å²) in [6, 6.07) is 18.6. The van der Waals surface area contributed by atoms with E-state index in [1.165, 1.54) is 52.7 Å². The van der Waals surface area contributed by atoms with Gasteiger partial charge in [-0.15, -0.1) is 0 Å². The molecule has 0 aliphatic heterocycles. The Kier molecular flexibility index (Phi) is 11.6. The molecule has 2 N–H and O–H groups in total. The van der Waals surface area contributed by atoms with Crippen molar-refractivity contribution in [3.8, 4) is 23.0 Å². The van der Waals surface area contributed by atoms with Crippen molar-refractivity contribution in [2.75, 3.05) is 51.2 Å². The van der Waals surface area contributed by atoms with E-state index in [0.29, 0.717) is 28.3 Å². The van der Waals surface area contributed by atoms with Crippen LogP contribution in [0.1, 0.15) is 21.5 Å².